The highest BCUT2D eigenvalue weighted by molar-refractivity contribution is 6.39. The van der Waals surface area contributed by atoms with Gasteiger partial charge >= 0.3 is 6.18 Å². The Morgan fingerprint density at radius 3 is 2.25 bits per heavy atom. The number of benzene rings is 1. The molecule has 0 saturated heterocycles. The number of rotatable bonds is 1. The summed E-state index contributed by atoms with van der Waals surface area (Å²) in [5.41, 5.74) is 4.76. The number of hydrazine groups is 1. The average Bonchev–Trinajstić information content (AvgIpc) is 2.69. The van der Waals surface area contributed by atoms with Gasteiger partial charge in [-0.2, -0.15) is 18.4 Å². The summed E-state index contributed by atoms with van der Waals surface area (Å²) < 4.78 is 37.9. The van der Waals surface area contributed by atoms with Crippen LogP contribution in [0.15, 0.2) is 24.0 Å². The Balaban J connectivity index is 2.54. The first-order valence-electron chi connectivity index (χ1n) is 5.25. The van der Waals surface area contributed by atoms with E-state index in [9.17, 15) is 13.2 Å². The zero-order valence-corrected chi connectivity index (χ0v) is 11.3. The second-order valence-electron chi connectivity index (χ2n) is 3.91. The third-order valence-corrected chi connectivity index (χ3v) is 3.21. The summed E-state index contributed by atoms with van der Waals surface area (Å²) in [6.45, 7) is 0.190. The molecule has 0 aliphatic carbocycles. The lowest BCUT2D eigenvalue weighted by Crippen LogP contribution is -2.36. The predicted molar refractivity (Wildman–Crippen MR) is 68.5 cm³/mol. The maximum Gasteiger partial charge on any atom is 0.416 e. The van der Waals surface area contributed by atoms with Crippen LogP contribution in [0.2, 0.25) is 10.0 Å². The van der Waals surface area contributed by atoms with Gasteiger partial charge in [-0.15, -0.1) is 0 Å². The second kappa shape index (κ2) is 4.96. The zero-order chi connectivity index (χ0) is 15.1. The first kappa shape index (κ1) is 14.6. The maximum atomic E-state index is 12.6. The van der Waals surface area contributed by atoms with Crippen LogP contribution in [-0.2, 0) is 6.18 Å². The maximum absolute atomic E-state index is 12.6. The highest BCUT2D eigenvalue weighted by Gasteiger charge is 2.34. The fourth-order valence-corrected chi connectivity index (χ4v) is 2.40. The van der Waals surface area contributed by atoms with Crippen molar-refractivity contribution in [1.29, 1.82) is 5.26 Å². The summed E-state index contributed by atoms with van der Waals surface area (Å²) in [5.74, 6) is 0.162. The largest absolute Gasteiger partial charge is 0.416 e. The van der Waals surface area contributed by atoms with Crippen LogP contribution < -0.4 is 10.7 Å². The standard InChI is InChI=1S/C11H7Cl2F3N4/c12-7-3-6(11(14,15)16)4-8(13)10(7)20-9(18)1-2-19(20)5-17/h1,3-4H,2,18H2. The molecule has 0 saturated carbocycles. The highest BCUT2D eigenvalue weighted by atomic mass is 35.5. The molecule has 0 radical (unpaired) electrons. The Morgan fingerprint density at radius 2 is 1.80 bits per heavy atom. The van der Waals surface area contributed by atoms with Crippen LogP contribution in [0.3, 0.4) is 0 Å². The van der Waals surface area contributed by atoms with Crippen LogP contribution in [0, 0.1) is 11.5 Å². The molecule has 9 heteroatoms. The van der Waals surface area contributed by atoms with Gasteiger partial charge in [0, 0.05) is 0 Å². The summed E-state index contributed by atoms with van der Waals surface area (Å²) in [6.07, 6.45) is -1.21. The van der Waals surface area contributed by atoms with Crippen molar-refractivity contribution in [3.8, 4) is 6.19 Å². The van der Waals surface area contributed by atoms with Gasteiger partial charge in [-0.05, 0) is 18.2 Å². The van der Waals surface area contributed by atoms with Gasteiger partial charge in [0.25, 0.3) is 0 Å². The van der Waals surface area contributed by atoms with Crippen molar-refractivity contribution in [1.82, 2.24) is 5.01 Å². The minimum absolute atomic E-state index is 0.0362. The van der Waals surface area contributed by atoms with Crippen molar-refractivity contribution < 1.29 is 13.2 Å². The molecule has 1 heterocycles. The molecule has 20 heavy (non-hydrogen) atoms. The first-order chi connectivity index (χ1) is 9.25. The molecule has 1 aromatic carbocycles. The molecule has 1 aliphatic heterocycles. The third-order valence-electron chi connectivity index (χ3n) is 2.63. The Morgan fingerprint density at radius 1 is 1.25 bits per heavy atom. The van der Waals surface area contributed by atoms with Gasteiger partial charge in [0.2, 0.25) is 6.19 Å². The quantitative estimate of drug-likeness (QED) is 0.806. The van der Waals surface area contributed by atoms with E-state index >= 15 is 0 Å². The fourth-order valence-electron chi connectivity index (χ4n) is 1.75. The van der Waals surface area contributed by atoms with Gasteiger partial charge in [-0.25, -0.2) is 10.0 Å². The van der Waals surface area contributed by atoms with Crippen LogP contribution in [0.25, 0.3) is 0 Å². The molecule has 1 aromatic rings. The number of nitrogens with two attached hydrogens (primary N) is 1. The third kappa shape index (κ3) is 2.44. The number of halogens is 5. The molecule has 0 atom stereocenters. The summed E-state index contributed by atoms with van der Waals surface area (Å²) in [4.78, 5) is 0. The number of anilines is 1. The molecule has 4 nitrogen and oxygen atoms in total. The SMILES string of the molecule is N#CN1CC=C(N)N1c1c(Cl)cc(C(F)(F)F)cc1Cl. The van der Waals surface area contributed by atoms with Gasteiger partial charge < -0.3 is 5.73 Å². The van der Waals surface area contributed by atoms with Crippen molar-refractivity contribution in [3.63, 3.8) is 0 Å². The molecule has 0 aromatic heterocycles. The van der Waals surface area contributed by atoms with E-state index in [1.54, 1.807) is 0 Å². The summed E-state index contributed by atoms with van der Waals surface area (Å²) in [6, 6.07) is 1.48. The van der Waals surface area contributed by atoms with Crippen molar-refractivity contribution in [2.75, 3.05) is 11.6 Å². The fraction of sp³-hybridized carbons (Fsp3) is 0.182. The Labute approximate surface area is 122 Å². The van der Waals surface area contributed by atoms with Crippen LogP contribution in [0.1, 0.15) is 5.56 Å². The molecule has 1 aliphatic rings. The zero-order valence-electron chi connectivity index (χ0n) is 9.75. The normalized spacial score (nSPS) is 15.3. The molecular weight excluding hydrogens is 316 g/mol. The van der Waals surface area contributed by atoms with Gasteiger partial charge in [0.1, 0.15) is 11.5 Å². The van der Waals surface area contributed by atoms with Gasteiger partial charge in [0.05, 0.1) is 22.2 Å². The minimum atomic E-state index is -4.56. The van der Waals surface area contributed by atoms with Crippen molar-refractivity contribution in [3.05, 3.63) is 39.6 Å². The van der Waals surface area contributed by atoms with Crippen molar-refractivity contribution in [2.24, 2.45) is 5.73 Å². The van der Waals surface area contributed by atoms with Crippen LogP contribution in [0.4, 0.5) is 18.9 Å². The summed E-state index contributed by atoms with van der Waals surface area (Å²) >= 11 is 11.7. The molecule has 0 amide bonds. The molecule has 2 N–H and O–H groups in total. The lowest BCUT2D eigenvalue weighted by molar-refractivity contribution is -0.137. The number of nitriles is 1. The average molecular weight is 323 g/mol. The van der Waals surface area contributed by atoms with E-state index in [0.29, 0.717) is 0 Å². The predicted octanol–water partition coefficient (Wildman–Crippen LogP) is 3.33. The smallest absolute Gasteiger partial charge is 0.384 e. The van der Waals surface area contributed by atoms with Gasteiger partial charge in [-0.1, -0.05) is 23.2 Å². The topological polar surface area (TPSA) is 56.3 Å². The second-order valence-corrected chi connectivity index (χ2v) is 4.72. The molecule has 0 spiro atoms. The van der Waals surface area contributed by atoms with Crippen molar-refractivity contribution in [2.45, 2.75) is 6.18 Å². The van der Waals surface area contributed by atoms with E-state index < -0.39 is 11.7 Å². The molecule has 0 fully saturated rings. The first-order valence-corrected chi connectivity index (χ1v) is 6.00. The molecule has 2 rings (SSSR count). The van der Waals surface area contributed by atoms with E-state index in [4.69, 9.17) is 34.2 Å². The Hall–Kier alpha value is -1.78. The van der Waals surface area contributed by atoms with E-state index in [2.05, 4.69) is 0 Å². The highest BCUT2D eigenvalue weighted by Crippen LogP contribution is 2.42. The Bertz CT molecular complexity index is 598. The molecule has 106 valence electrons. The molecule has 0 bridgehead atoms. The number of hydrogen-bond acceptors (Lipinski definition) is 4. The lowest BCUT2D eigenvalue weighted by atomic mass is 10.2. The van der Waals surface area contributed by atoms with E-state index in [1.165, 1.54) is 11.1 Å². The molecule has 0 unspecified atom stereocenters. The lowest BCUT2D eigenvalue weighted by Gasteiger charge is -2.28. The van der Waals surface area contributed by atoms with E-state index in [-0.39, 0.29) is 28.1 Å². The van der Waals surface area contributed by atoms with Gasteiger partial charge in [-0.3, -0.25) is 0 Å². The summed E-state index contributed by atoms with van der Waals surface area (Å²) in [5, 5.41) is 10.8. The minimum Gasteiger partial charge on any atom is -0.384 e. The Kier molecular flexibility index (Phi) is 3.63. The molecular formula is C11H7Cl2F3N4. The number of nitrogens with zero attached hydrogens (tertiary/aromatic N) is 3. The number of hydrogen-bond donors (Lipinski definition) is 1. The van der Waals surface area contributed by atoms with E-state index in [1.807, 2.05) is 6.19 Å². The van der Waals surface area contributed by atoms with Gasteiger partial charge in [0.15, 0.2) is 0 Å². The summed E-state index contributed by atoms with van der Waals surface area (Å²) in [7, 11) is 0. The van der Waals surface area contributed by atoms with Crippen LogP contribution >= 0.6 is 23.2 Å². The van der Waals surface area contributed by atoms with Crippen LogP contribution in [0.5, 0.6) is 0 Å². The number of alkyl halides is 3. The monoisotopic (exact) mass is 322 g/mol. The van der Waals surface area contributed by atoms with E-state index in [0.717, 1.165) is 17.1 Å². The van der Waals surface area contributed by atoms with Crippen molar-refractivity contribution >= 4 is 28.9 Å². The van der Waals surface area contributed by atoms with Crippen LogP contribution in [-0.4, -0.2) is 11.6 Å².